The van der Waals surface area contributed by atoms with Gasteiger partial charge in [0.05, 0.1) is 17.9 Å². The Morgan fingerprint density at radius 2 is 2.26 bits per heavy atom. The molecule has 0 bridgehead atoms. The van der Waals surface area contributed by atoms with E-state index in [2.05, 4.69) is 25.9 Å². The maximum absolute atomic E-state index is 12.1. The summed E-state index contributed by atoms with van der Waals surface area (Å²) in [6.07, 6.45) is 1.42. The molecule has 2 rings (SSSR count). The van der Waals surface area contributed by atoms with Gasteiger partial charge in [-0.05, 0) is 23.3 Å². The van der Waals surface area contributed by atoms with Gasteiger partial charge in [-0.3, -0.25) is 0 Å². The summed E-state index contributed by atoms with van der Waals surface area (Å²) in [5, 5.41) is 25.2. The number of carbonyl (C=O) groups is 1. The highest BCUT2D eigenvalue weighted by atomic mass is 16.5. The molecule has 8 nitrogen and oxygen atoms in total. The Labute approximate surface area is 133 Å². The quantitative estimate of drug-likeness (QED) is 0.618. The summed E-state index contributed by atoms with van der Waals surface area (Å²) in [6, 6.07) is 8.84. The molecule has 0 atom stereocenters. The number of para-hydroxylation sites is 1. The van der Waals surface area contributed by atoms with Gasteiger partial charge in [-0.2, -0.15) is 10.5 Å². The number of carbonyl (C=O) groups excluding carboxylic acids is 1. The summed E-state index contributed by atoms with van der Waals surface area (Å²) >= 11 is 0. The van der Waals surface area contributed by atoms with Gasteiger partial charge in [0, 0.05) is 6.20 Å². The Balaban J connectivity index is 2.17. The topological polar surface area (TPSA) is 117 Å². The van der Waals surface area contributed by atoms with E-state index in [0.717, 1.165) is 0 Å². The van der Waals surface area contributed by atoms with Crippen LogP contribution in [0.5, 0.6) is 0 Å². The highest BCUT2D eigenvalue weighted by molar-refractivity contribution is 5.96. The number of aromatic amines is 1. The lowest BCUT2D eigenvalue weighted by atomic mass is 10.1. The molecule has 0 amide bonds. The van der Waals surface area contributed by atoms with Crippen molar-refractivity contribution in [1.82, 2.24) is 20.6 Å². The van der Waals surface area contributed by atoms with Gasteiger partial charge >= 0.3 is 5.97 Å². The second-order valence-corrected chi connectivity index (χ2v) is 5.09. The van der Waals surface area contributed by atoms with Crippen LogP contribution in [0.3, 0.4) is 0 Å². The molecule has 0 unspecified atom stereocenters. The molecule has 0 aliphatic carbocycles. The van der Waals surface area contributed by atoms with Crippen LogP contribution in [0.25, 0.3) is 5.57 Å². The number of rotatable bonds is 6. The molecule has 1 aromatic carbocycles. The van der Waals surface area contributed by atoms with Gasteiger partial charge in [0.25, 0.3) is 0 Å². The Bertz CT molecular complexity index is 731. The molecule has 1 aromatic heterocycles. The van der Waals surface area contributed by atoms with Crippen molar-refractivity contribution in [2.45, 2.75) is 13.8 Å². The fourth-order valence-corrected chi connectivity index (χ4v) is 1.68. The van der Waals surface area contributed by atoms with Crippen LogP contribution in [-0.2, 0) is 4.74 Å². The van der Waals surface area contributed by atoms with Gasteiger partial charge in [0.15, 0.2) is 0 Å². The van der Waals surface area contributed by atoms with Crippen LogP contribution in [0, 0.1) is 17.2 Å². The number of aromatic nitrogens is 4. The number of esters is 1. The minimum Gasteiger partial charge on any atom is -0.462 e. The number of allylic oxidation sites excluding steroid dienone is 1. The van der Waals surface area contributed by atoms with Crippen LogP contribution >= 0.6 is 0 Å². The molecule has 23 heavy (non-hydrogen) atoms. The number of ether oxygens (including phenoxy) is 1. The highest BCUT2D eigenvalue weighted by Gasteiger charge is 2.13. The summed E-state index contributed by atoms with van der Waals surface area (Å²) < 4.78 is 5.23. The summed E-state index contributed by atoms with van der Waals surface area (Å²) in [6.45, 7) is 4.27. The fraction of sp³-hybridized carbons (Fsp3) is 0.267. The largest absolute Gasteiger partial charge is 0.462 e. The van der Waals surface area contributed by atoms with E-state index in [1.54, 1.807) is 24.3 Å². The molecule has 0 saturated heterocycles. The molecule has 0 radical (unpaired) electrons. The predicted octanol–water partition coefficient (Wildman–Crippen LogP) is 1.99. The van der Waals surface area contributed by atoms with E-state index in [4.69, 9.17) is 10.00 Å². The Hall–Kier alpha value is -3.21. The van der Waals surface area contributed by atoms with Crippen molar-refractivity contribution in [3.05, 3.63) is 41.9 Å². The van der Waals surface area contributed by atoms with Crippen LogP contribution in [-0.4, -0.2) is 33.2 Å². The second kappa shape index (κ2) is 7.70. The van der Waals surface area contributed by atoms with Crippen molar-refractivity contribution in [2.24, 2.45) is 5.92 Å². The molecular weight excluding hydrogens is 296 g/mol. The van der Waals surface area contributed by atoms with Crippen molar-refractivity contribution in [1.29, 1.82) is 5.26 Å². The smallest absolute Gasteiger partial charge is 0.340 e. The number of anilines is 1. The van der Waals surface area contributed by atoms with Crippen LogP contribution in [0.15, 0.2) is 30.5 Å². The van der Waals surface area contributed by atoms with E-state index in [-0.39, 0.29) is 17.3 Å². The third-order valence-corrected chi connectivity index (χ3v) is 2.77. The van der Waals surface area contributed by atoms with Crippen molar-refractivity contribution in [2.75, 3.05) is 11.9 Å². The van der Waals surface area contributed by atoms with Gasteiger partial charge in [-0.1, -0.05) is 26.0 Å². The molecule has 1 heterocycles. The monoisotopic (exact) mass is 312 g/mol. The lowest BCUT2D eigenvalue weighted by Crippen LogP contribution is -2.12. The number of hydrogen-bond donors (Lipinski definition) is 2. The SMILES string of the molecule is CC(C)COC(=O)c1ccccc1NC=C(C#N)c1nn[nH]n1. The van der Waals surface area contributed by atoms with Crippen molar-refractivity contribution in [3.8, 4) is 6.07 Å². The van der Waals surface area contributed by atoms with Crippen molar-refractivity contribution < 1.29 is 9.53 Å². The number of nitriles is 1. The molecule has 0 aliphatic rings. The van der Waals surface area contributed by atoms with E-state index in [0.29, 0.717) is 17.9 Å². The van der Waals surface area contributed by atoms with Crippen LogP contribution < -0.4 is 5.32 Å². The van der Waals surface area contributed by atoms with Crippen LogP contribution in [0.2, 0.25) is 0 Å². The van der Waals surface area contributed by atoms with Crippen molar-refractivity contribution >= 4 is 17.2 Å². The molecule has 8 heteroatoms. The average Bonchev–Trinajstić information content (AvgIpc) is 3.08. The third-order valence-electron chi connectivity index (χ3n) is 2.77. The normalized spacial score (nSPS) is 11.1. The fourth-order valence-electron chi connectivity index (χ4n) is 1.68. The van der Waals surface area contributed by atoms with Crippen LogP contribution in [0.1, 0.15) is 30.0 Å². The van der Waals surface area contributed by atoms with E-state index in [9.17, 15) is 4.79 Å². The zero-order chi connectivity index (χ0) is 16.7. The number of H-pyrrole nitrogens is 1. The second-order valence-electron chi connectivity index (χ2n) is 5.09. The van der Waals surface area contributed by atoms with Gasteiger partial charge in [-0.15, -0.1) is 10.2 Å². The molecule has 0 fully saturated rings. The zero-order valence-corrected chi connectivity index (χ0v) is 12.8. The average molecular weight is 312 g/mol. The first-order chi connectivity index (χ1) is 11.1. The minimum absolute atomic E-state index is 0.167. The first kappa shape index (κ1) is 16.2. The number of tetrazole rings is 1. The zero-order valence-electron chi connectivity index (χ0n) is 12.8. The molecule has 2 aromatic rings. The number of nitrogens with zero attached hydrogens (tertiary/aromatic N) is 4. The molecule has 2 N–H and O–H groups in total. The highest BCUT2D eigenvalue weighted by Crippen LogP contribution is 2.18. The van der Waals surface area contributed by atoms with E-state index in [1.807, 2.05) is 19.9 Å². The maximum atomic E-state index is 12.1. The summed E-state index contributed by atoms with van der Waals surface area (Å²) in [5.74, 6) is -0.00414. The van der Waals surface area contributed by atoms with E-state index < -0.39 is 5.97 Å². The van der Waals surface area contributed by atoms with Gasteiger partial charge in [-0.25, -0.2) is 4.79 Å². The van der Waals surface area contributed by atoms with Gasteiger partial charge in [0.2, 0.25) is 5.82 Å². The van der Waals surface area contributed by atoms with E-state index in [1.165, 1.54) is 6.20 Å². The van der Waals surface area contributed by atoms with Gasteiger partial charge < -0.3 is 10.1 Å². The third kappa shape index (κ3) is 4.38. The molecule has 118 valence electrons. The standard InChI is InChI=1S/C15H16N6O2/c1-10(2)9-23-15(22)12-5-3-4-6-13(12)17-8-11(7-16)14-18-20-21-19-14/h3-6,8,10,17H,9H2,1-2H3,(H,18,19,20,21). The lowest BCUT2D eigenvalue weighted by molar-refractivity contribution is 0.0460. The maximum Gasteiger partial charge on any atom is 0.340 e. The number of hydrogen-bond acceptors (Lipinski definition) is 7. The Morgan fingerprint density at radius 1 is 1.48 bits per heavy atom. The van der Waals surface area contributed by atoms with Gasteiger partial charge in [0.1, 0.15) is 11.6 Å². The van der Waals surface area contributed by atoms with E-state index >= 15 is 0 Å². The number of nitrogens with one attached hydrogen (secondary N) is 2. The minimum atomic E-state index is -0.423. The molecular formula is C15H16N6O2. The predicted molar refractivity (Wildman–Crippen MR) is 83.0 cm³/mol. The Morgan fingerprint density at radius 3 is 2.91 bits per heavy atom. The summed E-state index contributed by atoms with van der Waals surface area (Å²) in [7, 11) is 0. The van der Waals surface area contributed by atoms with Crippen molar-refractivity contribution in [3.63, 3.8) is 0 Å². The summed E-state index contributed by atoms with van der Waals surface area (Å²) in [4.78, 5) is 12.1. The number of benzene rings is 1. The molecule has 0 aliphatic heterocycles. The Kier molecular flexibility index (Phi) is 5.41. The lowest BCUT2D eigenvalue weighted by Gasteiger charge is -2.10. The summed E-state index contributed by atoms with van der Waals surface area (Å²) in [5.41, 5.74) is 1.09. The molecule has 0 spiro atoms. The first-order valence-corrected chi connectivity index (χ1v) is 6.98. The molecule has 0 saturated carbocycles. The van der Waals surface area contributed by atoms with Crippen LogP contribution in [0.4, 0.5) is 5.69 Å². The first-order valence-electron chi connectivity index (χ1n) is 6.98.